The summed E-state index contributed by atoms with van der Waals surface area (Å²) in [6, 6.07) is 0. The highest BCUT2D eigenvalue weighted by atomic mass is 32.2. The summed E-state index contributed by atoms with van der Waals surface area (Å²) in [4.78, 5) is 11.6. The summed E-state index contributed by atoms with van der Waals surface area (Å²) in [5, 5.41) is 8.89. The van der Waals surface area contributed by atoms with Crippen LogP contribution in [0, 0.1) is 5.92 Å². The normalized spacial score (nSPS) is 25.5. The van der Waals surface area contributed by atoms with Gasteiger partial charge < -0.3 is 9.84 Å². The van der Waals surface area contributed by atoms with E-state index in [1.54, 1.807) is 0 Å². The molecule has 5 heteroatoms. The smallest absolute Gasteiger partial charge is 0.177 e. The van der Waals surface area contributed by atoms with E-state index in [1.807, 2.05) is 0 Å². The second-order valence-corrected chi connectivity index (χ2v) is 4.43. The van der Waals surface area contributed by atoms with Gasteiger partial charge in [-0.15, -0.1) is 11.8 Å². The number of carbonyl (C=O) groups is 1. The van der Waals surface area contributed by atoms with Crippen molar-refractivity contribution in [3.8, 4) is 0 Å². The summed E-state index contributed by atoms with van der Waals surface area (Å²) < 4.78 is 5.29. The average molecular weight is 222 g/mol. The largest absolute Gasteiger partial charge is 0.396 e. The highest BCUT2D eigenvalue weighted by molar-refractivity contribution is 8.00. The summed E-state index contributed by atoms with van der Waals surface area (Å²) in [5.74, 6) is 0.942. The molecule has 1 aliphatic rings. The predicted octanol–water partition coefficient (Wildman–Crippen LogP) is 0.573. The number of carbonyl (C=O) groups excluding carboxylic acids is 1. The van der Waals surface area contributed by atoms with Crippen LogP contribution in [0.2, 0.25) is 0 Å². The van der Waals surface area contributed by atoms with Gasteiger partial charge in [-0.05, 0) is 12.2 Å². The molecule has 1 saturated heterocycles. The number of aliphatic hydroxyl groups excluding tert-OH is 1. The zero-order valence-electron chi connectivity index (χ0n) is 7.31. The van der Waals surface area contributed by atoms with Gasteiger partial charge in [0.15, 0.2) is 11.2 Å². The van der Waals surface area contributed by atoms with Crippen LogP contribution in [0.25, 0.3) is 0 Å². The number of thioether (sulfide) groups is 1. The Morgan fingerprint density at radius 1 is 1.77 bits per heavy atom. The third kappa shape index (κ3) is 3.16. The topological polar surface area (TPSA) is 46.5 Å². The SMILES string of the molecule is O=C(C(CO)CS)C1OCCCS1. The van der Waals surface area contributed by atoms with Crippen LogP contribution in [0.3, 0.4) is 0 Å². The van der Waals surface area contributed by atoms with E-state index >= 15 is 0 Å². The van der Waals surface area contributed by atoms with Crippen molar-refractivity contribution in [1.29, 1.82) is 0 Å². The first-order chi connectivity index (χ1) is 6.29. The molecule has 0 bridgehead atoms. The highest BCUT2D eigenvalue weighted by Gasteiger charge is 2.28. The van der Waals surface area contributed by atoms with Crippen molar-refractivity contribution in [3.63, 3.8) is 0 Å². The maximum Gasteiger partial charge on any atom is 0.177 e. The van der Waals surface area contributed by atoms with Crippen LogP contribution >= 0.6 is 24.4 Å². The van der Waals surface area contributed by atoms with Gasteiger partial charge in [-0.3, -0.25) is 4.79 Å². The maximum atomic E-state index is 11.6. The van der Waals surface area contributed by atoms with Gasteiger partial charge in [-0.1, -0.05) is 0 Å². The van der Waals surface area contributed by atoms with Gasteiger partial charge in [-0.2, -0.15) is 12.6 Å². The molecule has 13 heavy (non-hydrogen) atoms. The fraction of sp³-hybridized carbons (Fsp3) is 0.875. The third-order valence-corrected chi connectivity index (χ3v) is 3.54. The summed E-state index contributed by atoms with van der Waals surface area (Å²) >= 11 is 5.52. The molecule has 2 unspecified atom stereocenters. The van der Waals surface area contributed by atoms with Crippen molar-refractivity contribution in [1.82, 2.24) is 0 Å². The first kappa shape index (κ1) is 11.4. The van der Waals surface area contributed by atoms with Crippen LogP contribution in [0.15, 0.2) is 0 Å². The molecule has 3 nitrogen and oxygen atoms in total. The number of thiol groups is 1. The van der Waals surface area contributed by atoms with E-state index in [0.717, 1.165) is 12.2 Å². The molecule has 0 amide bonds. The zero-order valence-corrected chi connectivity index (χ0v) is 9.02. The lowest BCUT2D eigenvalue weighted by Gasteiger charge is -2.23. The molecule has 0 aromatic rings. The van der Waals surface area contributed by atoms with Gasteiger partial charge in [0.05, 0.1) is 12.5 Å². The molecular weight excluding hydrogens is 208 g/mol. The van der Waals surface area contributed by atoms with Crippen molar-refractivity contribution < 1.29 is 14.6 Å². The van der Waals surface area contributed by atoms with Crippen LogP contribution in [0.4, 0.5) is 0 Å². The number of rotatable bonds is 4. The third-order valence-electron chi connectivity index (χ3n) is 1.90. The Balaban J connectivity index is 2.44. The minimum atomic E-state index is -0.377. The first-order valence-electron chi connectivity index (χ1n) is 4.28. The van der Waals surface area contributed by atoms with Gasteiger partial charge in [0.2, 0.25) is 0 Å². The maximum absolute atomic E-state index is 11.6. The lowest BCUT2D eigenvalue weighted by molar-refractivity contribution is -0.130. The van der Waals surface area contributed by atoms with Crippen LogP contribution in [0.1, 0.15) is 6.42 Å². The minimum Gasteiger partial charge on any atom is -0.396 e. The van der Waals surface area contributed by atoms with E-state index < -0.39 is 0 Å². The number of Topliss-reactive ketones (excluding diaryl/α,β-unsaturated/α-hetero) is 1. The van der Waals surface area contributed by atoms with Crippen molar-refractivity contribution >= 4 is 30.2 Å². The Morgan fingerprint density at radius 2 is 2.54 bits per heavy atom. The molecule has 1 aliphatic heterocycles. The summed E-state index contributed by atoms with van der Waals surface area (Å²) in [5.41, 5.74) is -0.377. The number of hydrogen-bond donors (Lipinski definition) is 2. The Morgan fingerprint density at radius 3 is 3.00 bits per heavy atom. The van der Waals surface area contributed by atoms with Crippen molar-refractivity contribution in [2.75, 3.05) is 24.7 Å². The highest BCUT2D eigenvalue weighted by Crippen LogP contribution is 2.23. The van der Waals surface area contributed by atoms with E-state index in [0.29, 0.717) is 12.4 Å². The average Bonchev–Trinajstić information content (AvgIpc) is 2.21. The van der Waals surface area contributed by atoms with Crippen LogP contribution < -0.4 is 0 Å². The Bertz CT molecular complexity index is 165. The summed E-state index contributed by atoms with van der Waals surface area (Å²) in [6.45, 7) is 0.511. The molecule has 2 atom stereocenters. The van der Waals surface area contributed by atoms with E-state index in [2.05, 4.69) is 12.6 Å². The Kier molecular flexibility index (Phi) is 5.16. The van der Waals surface area contributed by atoms with Crippen LogP contribution in [0.5, 0.6) is 0 Å². The van der Waals surface area contributed by atoms with Crippen molar-refractivity contribution in [3.05, 3.63) is 0 Å². The van der Waals surface area contributed by atoms with Crippen molar-refractivity contribution in [2.24, 2.45) is 5.92 Å². The van der Waals surface area contributed by atoms with E-state index in [4.69, 9.17) is 9.84 Å². The standard InChI is InChI=1S/C8H14O3S2/c9-4-6(5-12)7(10)8-11-2-1-3-13-8/h6,8-9,12H,1-5H2. The second kappa shape index (κ2) is 5.90. The Labute approximate surface area is 87.6 Å². The van der Waals surface area contributed by atoms with E-state index in [9.17, 15) is 4.79 Å². The fourth-order valence-corrected chi connectivity index (χ4v) is 2.43. The minimum absolute atomic E-state index is 0.0257. The molecule has 1 N–H and O–H groups in total. The van der Waals surface area contributed by atoms with Crippen LogP contribution in [-0.4, -0.2) is 41.0 Å². The van der Waals surface area contributed by atoms with E-state index in [1.165, 1.54) is 11.8 Å². The van der Waals surface area contributed by atoms with Gasteiger partial charge >= 0.3 is 0 Å². The Hall–Kier alpha value is 0.290. The lowest BCUT2D eigenvalue weighted by Crippen LogP contribution is -2.33. The molecule has 0 aromatic carbocycles. The predicted molar refractivity (Wildman–Crippen MR) is 56.3 cm³/mol. The first-order valence-corrected chi connectivity index (χ1v) is 5.96. The summed E-state index contributed by atoms with van der Waals surface area (Å²) in [6.07, 6.45) is 0.999. The lowest BCUT2D eigenvalue weighted by atomic mass is 10.1. The molecule has 0 radical (unpaired) electrons. The quantitative estimate of drug-likeness (QED) is 0.683. The van der Waals surface area contributed by atoms with Crippen molar-refractivity contribution in [2.45, 2.75) is 11.9 Å². The molecule has 0 saturated carbocycles. The van der Waals surface area contributed by atoms with Crippen LogP contribution in [-0.2, 0) is 9.53 Å². The molecule has 1 heterocycles. The molecule has 0 aliphatic carbocycles. The monoisotopic (exact) mass is 222 g/mol. The molecule has 0 spiro atoms. The van der Waals surface area contributed by atoms with Gasteiger partial charge in [-0.25, -0.2) is 0 Å². The van der Waals surface area contributed by atoms with Gasteiger partial charge in [0, 0.05) is 12.4 Å². The van der Waals surface area contributed by atoms with Gasteiger partial charge in [0.1, 0.15) is 0 Å². The molecule has 0 aromatic heterocycles. The van der Waals surface area contributed by atoms with Gasteiger partial charge in [0.25, 0.3) is 0 Å². The summed E-state index contributed by atoms with van der Waals surface area (Å²) in [7, 11) is 0. The molecule has 76 valence electrons. The molecule has 1 fully saturated rings. The molecular formula is C8H14O3S2. The number of aliphatic hydroxyl groups is 1. The zero-order chi connectivity index (χ0) is 9.68. The number of ketones is 1. The van der Waals surface area contributed by atoms with E-state index in [-0.39, 0.29) is 23.7 Å². The number of hydrogen-bond acceptors (Lipinski definition) is 5. The number of ether oxygens (including phenoxy) is 1. The molecule has 1 rings (SSSR count). The fourth-order valence-electron chi connectivity index (χ4n) is 1.08. The second-order valence-electron chi connectivity index (χ2n) is 2.89.